The Morgan fingerprint density at radius 2 is 2.20 bits per heavy atom. The molecule has 0 saturated carbocycles. The number of benzene rings is 1. The van der Waals surface area contributed by atoms with Gasteiger partial charge in [-0.15, -0.1) is 0 Å². The highest BCUT2D eigenvalue weighted by Crippen LogP contribution is 2.35. The van der Waals surface area contributed by atoms with Crippen LogP contribution in [0.2, 0.25) is 5.02 Å². The summed E-state index contributed by atoms with van der Waals surface area (Å²) in [6, 6.07) is 1.71. The van der Waals surface area contributed by atoms with Gasteiger partial charge >= 0.3 is 5.97 Å². The van der Waals surface area contributed by atoms with Crippen LogP contribution in [-0.2, 0) is 4.79 Å². The van der Waals surface area contributed by atoms with Crippen LogP contribution in [0.15, 0.2) is 10.5 Å². The standard InChI is InChI=1S/C10H10BrClO3/c1-5-3-7(15-4-8(13)14)9(11)6(2)10(5)12/h3H,4H2,1-2H3,(H,13,14). The number of rotatable bonds is 3. The van der Waals surface area contributed by atoms with Gasteiger partial charge in [-0.3, -0.25) is 0 Å². The lowest BCUT2D eigenvalue weighted by atomic mass is 10.1. The molecule has 0 amide bonds. The maximum Gasteiger partial charge on any atom is 0.341 e. The molecule has 0 spiro atoms. The van der Waals surface area contributed by atoms with E-state index in [2.05, 4.69) is 15.9 Å². The van der Waals surface area contributed by atoms with Crippen LogP contribution in [0.25, 0.3) is 0 Å². The summed E-state index contributed by atoms with van der Waals surface area (Å²) in [5, 5.41) is 9.15. The fraction of sp³-hybridized carbons (Fsp3) is 0.300. The van der Waals surface area contributed by atoms with Gasteiger partial charge in [-0.1, -0.05) is 11.6 Å². The first-order valence-corrected chi connectivity index (χ1v) is 5.40. The van der Waals surface area contributed by atoms with Crippen molar-refractivity contribution in [2.45, 2.75) is 13.8 Å². The number of hydrogen-bond acceptors (Lipinski definition) is 2. The van der Waals surface area contributed by atoms with Crippen molar-refractivity contribution in [3.63, 3.8) is 0 Å². The van der Waals surface area contributed by atoms with Crippen LogP contribution in [0.3, 0.4) is 0 Å². The molecule has 15 heavy (non-hydrogen) atoms. The normalized spacial score (nSPS) is 10.1. The number of ether oxygens (including phenoxy) is 1. The maximum atomic E-state index is 10.4. The van der Waals surface area contributed by atoms with E-state index in [1.807, 2.05) is 13.8 Å². The third kappa shape index (κ3) is 2.86. The minimum absolute atomic E-state index is 0.362. The molecule has 1 aromatic carbocycles. The van der Waals surface area contributed by atoms with Gasteiger partial charge in [0.1, 0.15) is 5.75 Å². The summed E-state index contributed by atoms with van der Waals surface area (Å²) >= 11 is 9.33. The minimum Gasteiger partial charge on any atom is -0.481 e. The molecule has 0 aliphatic heterocycles. The van der Waals surface area contributed by atoms with E-state index in [-0.39, 0.29) is 6.61 Å². The molecule has 0 unspecified atom stereocenters. The summed E-state index contributed by atoms with van der Waals surface area (Å²) in [4.78, 5) is 10.4. The van der Waals surface area contributed by atoms with Crippen LogP contribution in [-0.4, -0.2) is 17.7 Å². The van der Waals surface area contributed by atoms with E-state index < -0.39 is 5.97 Å². The van der Waals surface area contributed by atoms with Crippen molar-refractivity contribution < 1.29 is 14.6 Å². The second-order valence-electron chi connectivity index (χ2n) is 3.13. The summed E-state index contributed by atoms with van der Waals surface area (Å²) in [5.41, 5.74) is 1.70. The Hall–Kier alpha value is -0.740. The van der Waals surface area contributed by atoms with E-state index in [0.29, 0.717) is 15.2 Å². The van der Waals surface area contributed by atoms with Crippen molar-refractivity contribution in [3.8, 4) is 5.75 Å². The van der Waals surface area contributed by atoms with E-state index in [4.69, 9.17) is 21.4 Å². The quantitative estimate of drug-likeness (QED) is 0.931. The summed E-state index contributed by atoms with van der Waals surface area (Å²) in [7, 11) is 0. The third-order valence-electron chi connectivity index (χ3n) is 1.92. The van der Waals surface area contributed by atoms with Crippen molar-refractivity contribution in [2.24, 2.45) is 0 Å². The van der Waals surface area contributed by atoms with Gasteiger partial charge in [0.2, 0.25) is 0 Å². The molecule has 3 nitrogen and oxygen atoms in total. The molecule has 1 rings (SSSR count). The van der Waals surface area contributed by atoms with Gasteiger partial charge in [-0.05, 0) is 47.0 Å². The minimum atomic E-state index is -1.01. The summed E-state index contributed by atoms with van der Waals surface area (Å²) in [6.07, 6.45) is 0. The third-order valence-corrected chi connectivity index (χ3v) is 3.49. The Kier molecular flexibility index (Phi) is 3.99. The van der Waals surface area contributed by atoms with Crippen molar-refractivity contribution >= 4 is 33.5 Å². The zero-order valence-corrected chi connectivity index (χ0v) is 10.6. The Labute approximate surface area is 101 Å². The monoisotopic (exact) mass is 292 g/mol. The number of aryl methyl sites for hydroxylation is 1. The molecule has 0 aromatic heterocycles. The van der Waals surface area contributed by atoms with Crippen LogP contribution >= 0.6 is 27.5 Å². The number of carbonyl (C=O) groups is 1. The van der Waals surface area contributed by atoms with Crippen LogP contribution in [0, 0.1) is 13.8 Å². The molecule has 0 fully saturated rings. The second kappa shape index (κ2) is 4.86. The number of carboxylic acids is 1. The Balaban J connectivity index is 3.04. The highest BCUT2D eigenvalue weighted by molar-refractivity contribution is 9.10. The van der Waals surface area contributed by atoms with E-state index in [0.717, 1.165) is 11.1 Å². The Morgan fingerprint density at radius 1 is 1.60 bits per heavy atom. The summed E-state index contributed by atoms with van der Waals surface area (Å²) < 4.78 is 5.80. The summed E-state index contributed by atoms with van der Waals surface area (Å²) in [6.45, 7) is 3.32. The maximum absolute atomic E-state index is 10.4. The highest BCUT2D eigenvalue weighted by atomic mass is 79.9. The summed E-state index contributed by atoms with van der Waals surface area (Å²) in [5.74, 6) is -0.510. The molecule has 82 valence electrons. The van der Waals surface area contributed by atoms with Crippen LogP contribution in [0.5, 0.6) is 5.75 Å². The molecule has 0 bridgehead atoms. The second-order valence-corrected chi connectivity index (χ2v) is 4.30. The van der Waals surface area contributed by atoms with E-state index >= 15 is 0 Å². The molecule has 0 radical (unpaired) electrons. The molecule has 0 aliphatic carbocycles. The van der Waals surface area contributed by atoms with Crippen LogP contribution < -0.4 is 4.74 Å². The molecular weight excluding hydrogens is 283 g/mol. The first-order valence-electron chi connectivity index (χ1n) is 4.23. The molecule has 5 heteroatoms. The molecule has 0 aliphatic rings. The first kappa shape index (κ1) is 12.3. The zero-order valence-electron chi connectivity index (χ0n) is 8.30. The number of carboxylic acid groups (broad SMARTS) is 1. The number of aliphatic carboxylic acids is 1. The van der Waals surface area contributed by atoms with Gasteiger partial charge < -0.3 is 9.84 Å². The Bertz CT molecular complexity index is 404. The number of halogens is 2. The topological polar surface area (TPSA) is 46.5 Å². The fourth-order valence-corrected chi connectivity index (χ4v) is 1.84. The van der Waals surface area contributed by atoms with Crippen LogP contribution in [0.4, 0.5) is 0 Å². The van der Waals surface area contributed by atoms with Crippen molar-refractivity contribution in [3.05, 3.63) is 26.7 Å². The van der Waals surface area contributed by atoms with Gasteiger partial charge in [0.25, 0.3) is 0 Å². The lowest BCUT2D eigenvalue weighted by molar-refractivity contribution is -0.139. The molecular formula is C10H10BrClO3. The van der Waals surface area contributed by atoms with Gasteiger partial charge in [-0.25, -0.2) is 4.79 Å². The van der Waals surface area contributed by atoms with Gasteiger partial charge in [0.15, 0.2) is 6.61 Å². The zero-order chi connectivity index (χ0) is 11.6. The smallest absolute Gasteiger partial charge is 0.341 e. The van der Waals surface area contributed by atoms with Crippen LogP contribution in [0.1, 0.15) is 11.1 Å². The van der Waals surface area contributed by atoms with E-state index in [9.17, 15) is 4.79 Å². The van der Waals surface area contributed by atoms with Gasteiger partial charge in [0, 0.05) is 5.02 Å². The van der Waals surface area contributed by atoms with Gasteiger partial charge in [-0.2, -0.15) is 0 Å². The molecule has 0 heterocycles. The van der Waals surface area contributed by atoms with E-state index in [1.54, 1.807) is 6.07 Å². The highest BCUT2D eigenvalue weighted by Gasteiger charge is 2.11. The predicted octanol–water partition coefficient (Wildman–Crippen LogP) is 3.18. The average molecular weight is 294 g/mol. The van der Waals surface area contributed by atoms with Crippen molar-refractivity contribution in [1.29, 1.82) is 0 Å². The largest absolute Gasteiger partial charge is 0.481 e. The predicted molar refractivity (Wildman–Crippen MR) is 61.8 cm³/mol. The molecule has 0 atom stereocenters. The van der Waals surface area contributed by atoms with Crippen molar-refractivity contribution in [1.82, 2.24) is 0 Å². The molecule has 1 N–H and O–H groups in total. The lowest BCUT2D eigenvalue weighted by Crippen LogP contribution is -2.10. The fourth-order valence-electron chi connectivity index (χ4n) is 1.14. The average Bonchev–Trinajstić information content (AvgIpc) is 2.18. The molecule has 1 aromatic rings. The Morgan fingerprint density at radius 3 is 2.73 bits per heavy atom. The van der Waals surface area contributed by atoms with E-state index in [1.165, 1.54) is 0 Å². The molecule has 0 saturated heterocycles. The number of hydrogen-bond donors (Lipinski definition) is 1. The van der Waals surface area contributed by atoms with Gasteiger partial charge in [0.05, 0.1) is 4.47 Å². The van der Waals surface area contributed by atoms with Crippen molar-refractivity contribution in [2.75, 3.05) is 6.61 Å². The first-order chi connectivity index (χ1) is 6.93. The lowest BCUT2D eigenvalue weighted by Gasteiger charge is -2.11. The SMILES string of the molecule is Cc1cc(OCC(=O)O)c(Br)c(C)c1Cl.